The molecule has 0 aromatic heterocycles. The lowest BCUT2D eigenvalue weighted by molar-refractivity contribution is -0.125. The van der Waals surface area contributed by atoms with E-state index < -0.39 is 23.7 Å². The van der Waals surface area contributed by atoms with Gasteiger partial charge in [-0.3, -0.25) is 19.3 Å². The molecule has 0 bridgehead atoms. The summed E-state index contributed by atoms with van der Waals surface area (Å²) in [5.74, 6) is -0.658. The zero-order valence-corrected chi connectivity index (χ0v) is 22.7. The van der Waals surface area contributed by atoms with Gasteiger partial charge in [-0.1, -0.05) is 24.3 Å². The van der Waals surface area contributed by atoms with Crippen molar-refractivity contribution in [3.8, 4) is 11.5 Å². The lowest BCUT2D eigenvalue weighted by Gasteiger charge is -2.34. The summed E-state index contributed by atoms with van der Waals surface area (Å²) in [6, 6.07) is 18.0. The maximum absolute atomic E-state index is 13.7. The Bertz CT molecular complexity index is 1450. The average molecular weight is 562 g/mol. The molecule has 0 saturated carbocycles. The van der Waals surface area contributed by atoms with E-state index in [2.05, 4.69) is 5.32 Å². The Morgan fingerprint density at radius 1 is 1.07 bits per heavy atom. The topological polar surface area (TPSA) is 108 Å². The van der Waals surface area contributed by atoms with Crippen molar-refractivity contribution < 1.29 is 33.4 Å². The van der Waals surface area contributed by atoms with Crippen molar-refractivity contribution in [3.05, 3.63) is 89.2 Å². The summed E-state index contributed by atoms with van der Waals surface area (Å²) in [7, 11) is 1.56. The predicted molar refractivity (Wildman–Crippen MR) is 149 cm³/mol. The molecule has 5 rings (SSSR count). The molecule has 41 heavy (non-hydrogen) atoms. The number of hydrogen-bond donors (Lipinski definition) is 2. The van der Waals surface area contributed by atoms with Crippen LogP contribution in [-0.4, -0.2) is 67.2 Å². The van der Waals surface area contributed by atoms with Gasteiger partial charge in [-0.15, -0.1) is 0 Å². The monoisotopic (exact) mass is 561 g/mol. The van der Waals surface area contributed by atoms with Crippen molar-refractivity contribution in [3.63, 3.8) is 0 Å². The number of nitrogens with zero attached hydrogens (tertiary/aromatic N) is 2. The van der Waals surface area contributed by atoms with Gasteiger partial charge < -0.3 is 24.8 Å². The molecule has 214 valence electrons. The number of imide groups is 1. The van der Waals surface area contributed by atoms with E-state index in [9.17, 15) is 23.9 Å². The van der Waals surface area contributed by atoms with Gasteiger partial charge in [-0.25, -0.2) is 4.39 Å². The Morgan fingerprint density at radius 2 is 1.85 bits per heavy atom. The molecule has 0 aliphatic carbocycles. The third-order valence-corrected chi connectivity index (χ3v) is 7.34. The van der Waals surface area contributed by atoms with Crippen molar-refractivity contribution in [1.82, 2.24) is 10.2 Å². The minimum Gasteiger partial charge on any atom is -0.497 e. The number of anilines is 1. The number of carbonyl (C=O) groups is 3. The number of carbonyl (C=O) groups excluding carboxylic acids is 3. The molecule has 2 aliphatic rings. The van der Waals surface area contributed by atoms with Crippen LogP contribution in [0.5, 0.6) is 11.5 Å². The molecule has 1 saturated heterocycles. The minimum atomic E-state index is -0.907. The van der Waals surface area contributed by atoms with Crippen LogP contribution in [0.15, 0.2) is 66.7 Å². The maximum Gasteiger partial charge on any atom is 0.263 e. The normalized spacial score (nSPS) is 17.3. The van der Waals surface area contributed by atoms with Crippen LogP contribution >= 0.6 is 0 Å². The molecule has 3 amide bonds. The van der Waals surface area contributed by atoms with Crippen molar-refractivity contribution in [2.45, 2.75) is 25.5 Å². The van der Waals surface area contributed by atoms with Gasteiger partial charge in [0, 0.05) is 25.7 Å². The number of halogens is 1. The van der Waals surface area contributed by atoms with Gasteiger partial charge in [0.15, 0.2) is 0 Å². The fourth-order valence-electron chi connectivity index (χ4n) is 5.26. The van der Waals surface area contributed by atoms with E-state index in [0.29, 0.717) is 53.4 Å². The first kappa shape index (κ1) is 28.1. The number of aliphatic hydroxyl groups excluding tert-OH is 1. The molecule has 1 fully saturated rings. The second kappa shape index (κ2) is 12.4. The van der Waals surface area contributed by atoms with Crippen LogP contribution in [0.4, 0.5) is 10.1 Å². The van der Waals surface area contributed by atoms with Crippen LogP contribution in [0.2, 0.25) is 0 Å². The zero-order valence-electron chi connectivity index (χ0n) is 22.7. The average Bonchev–Trinajstić information content (AvgIpc) is 3.23. The van der Waals surface area contributed by atoms with Gasteiger partial charge in [0.2, 0.25) is 5.91 Å². The Balaban J connectivity index is 1.20. The molecule has 10 heteroatoms. The van der Waals surface area contributed by atoms with E-state index in [-0.39, 0.29) is 31.5 Å². The fourth-order valence-corrected chi connectivity index (χ4v) is 5.26. The largest absolute Gasteiger partial charge is 0.497 e. The molecular weight excluding hydrogens is 529 g/mol. The van der Waals surface area contributed by atoms with E-state index >= 15 is 0 Å². The standard InChI is InChI=1S/C31H32FN3O6/c1-40-24-9-3-10-25(15-24)41-19-23(36)16-33-29(37)21-7-5-13-34(18-21)27-12-4-11-26-28(27)31(39)35(30(26)38)17-20-6-2-8-22(32)14-20/h2-4,6,8-12,14-15,21,23,36H,5,7,13,16-19H2,1H3,(H,33,37)/t21-,23+/m0/s1. The predicted octanol–water partition coefficient (Wildman–Crippen LogP) is 3.40. The third kappa shape index (κ3) is 6.33. The molecule has 0 radical (unpaired) electrons. The second-order valence-electron chi connectivity index (χ2n) is 10.2. The van der Waals surface area contributed by atoms with E-state index in [1.54, 1.807) is 61.7 Å². The number of aliphatic hydroxyl groups is 1. The van der Waals surface area contributed by atoms with Crippen LogP contribution in [0.1, 0.15) is 39.1 Å². The lowest BCUT2D eigenvalue weighted by Crippen LogP contribution is -2.45. The highest BCUT2D eigenvalue weighted by Crippen LogP contribution is 2.34. The number of amides is 3. The highest BCUT2D eigenvalue weighted by atomic mass is 19.1. The molecular formula is C31H32FN3O6. The summed E-state index contributed by atoms with van der Waals surface area (Å²) in [5, 5.41) is 13.2. The molecule has 0 spiro atoms. The maximum atomic E-state index is 13.7. The van der Waals surface area contributed by atoms with Crippen molar-refractivity contribution in [1.29, 1.82) is 0 Å². The molecule has 2 N–H and O–H groups in total. The van der Waals surface area contributed by atoms with Gasteiger partial charge in [-0.2, -0.15) is 0 Å². The molecule has 2 heterocycles. The SMILES string of the molecule is COc1cccc(OC[C@H](O)CNC(=O)[C@H]2CCCN(c3cccc4c3C(=O)N(Cc3cccc(F)c3)C4=O)C2)c1. The molecule has 9 nitrogen and oxygen atoms in total. The summed E-state index contributed by atoms with van der Waals surface area (Å²) in [6.07, 6.45) is 0.472. The fraction of sp³-hybridized carbons (Fsp3) is 0.323. The van der Waals surface area contributed by atoms with Crippen LogP contribution in [0, 0.1) is 11.7 Å². The van der Waals surface area contributed by atoms with Gasteiger partial charge >= 0.3 is 0 Å². The van der Waals surface area contributed by atoms with E-state index in [0.717, 1.165) is 11.3 Å². The number of rotatable bonds is 10. The quantitative estimate of drug-likeness (QED) is 0.365. The zero-order chi connectivity index (χ0) is 28.9. The summed E-state index contributed by atoms with van der Waals surface area (Å²) >= 11 is 0. The Hall–Kier alpha value is -4.44. The molecule has 0 unspecified atom stereocenters. The first-order valence-electron chi connectivity index (χ1n) is 13.5. The van der Waals surface area contributed by atoms with Crippen LogP contribution in [0.25, 0.3) is 0 Å². The van der Waals surface area contributed by atoms with E-state index in [1.807, 2.05) is 4.90 Å². The molecule has 2 aliphatic heterocycles. The summed E-state index contributed by atoms with van der Waals surface area (Å²) < 4.78 is 24.5. The third-order valence-electron chi connectivity index (χ3n) is 7.34. The van der Waals surface area contributed by atoms with Gasteiger partial charge in [-0.05, 0) is 54.8 Å². The number of methoxy groups -OCH3 is 1. The number of ether oxygens (including phenoxy) is 2. The van der Waals surface area contributed by atoms with Crippen molar-refractivity contribution in [2.24, 2.45) is 5.92 Å². The van der Waals surface area contributed by atoms with E-state index in [1.165, 1.54) is 12.1 Å². The summed E-state index contributed by atoms with van der Waals surface area (Å²) in [6.45, 7) is 0.996. The number of benzene rings is 3. The Morgan fingerprint density at radius 3 is 2.66 bits per heavy atom. The lowest BCUT2D eigenvalue weighted by atomic mass is 9.95. The molecule has 3 aromatic rings. The first-order valence-corrected chi connectivity index (χ1v) is 13.5. The Kier molecular flexibility index (Phi) is 8.49. The molecule has 3 aromatic carbocycles. The van der Waals surface area contributed by atoms with Crippen LogP contribution in [0.3, 0.4) is 0 Å². The summed E-state index contributed by atoms with van der Waals surface area (Å²) in [5.41, 5.74) is 1.73. The number of hydrogen-bond acceptors (Lipinski definition) is 7. The van der Waals surface area contributed by atoms with Crippen LogP contribution in [-0.2, 0) is 11.3 Å². The van der Waals surface area contributed by atoms with Gasteiger partial charge in [0.25, 0.3) is 11.8 Å². The highest BCUT2D eigenvalue weighted by Gasteiger charge is 2.39. The highest BCUT2D eigenvalue weighted by molar-refractivity contribution is 6.23. The smallest absolute Gasteiger partial charge is 0.263 e. The number of nitrogens with one attached hydrogen (secondary N) is 1. The molecule has 2 atom stereocenters. The Labute approximate surface area is 237 Å². The van der Waals surface area contributed by atoms with E-state index in [4.69, 9.17) is 9.47 Å². The van der Waals surface area contributed by atoms with Gasteiger partial charge in [0.1, 0.15) is 30.0 Å². The summed E-state index contributed by atoms with van der Waals surface area (Å²) in [4.78, 5) is 42.6. The van der Waals surface area contributed by atoms with Gasteiger partial charge in [0.05, 0.1) is 36.4 Å². The van der Waals surface area contributed by atoms with Crippen LogP contribution < -0.4 is 19.7 Å². The first-order chi connectivity index (χ1) is 19.8. The number of piperidine rings is 1. The second-order valence-corrected chi connectivity index (χ2v) is 10.2. The van der Waals surface area contributed by atoms with Crippen molar-refractivity contribution in [2.75, 3.05) is 38.3 Å². The van der Waals surface area contributed by atoms with Crippen molar-refractivity contribution >= 4 is 23.4 Å². The minimum absolute atomic E-state index is 0.00263. The number of fused-ring (bicyclic) bond motifs is 1.